The Balaban J connectivity index is 1.81. The van der Waals surface area contributed by atoms with Crippen molar-refractivity contribution in [3.63, 3.8) is 0 Å². The summed E-state index contributed by atoms with van der Waals surface area (Å²) < 4.78 is 5.73. The number of aromatic carboxylic acids is 1. The Bertz CT molecular complexity index is 874. The standard InChI is InChI=1S/C22H26O7/c1-2-6-15-20(11-9-16(21(15)26)22(27)28)29-12-5-3-4-7-17(23)14-8-10-18(24)19(25)13-14/h8-11,13,24-26H,2-7,12H2,1H3,(H,27,28). The third-order valence-corrected chi connectivity index (χ3v) is 4.57. The molecule has 0 unspecified atom stereocenters. The van der Waals surface area contributed by atoms with E-state index in [2.05, 4.69) is 0 Å². The van der Waals surface area contributed by atoms with Crippen LogP contribution in [0, 0.1) is 0 Å². The lowest BCUT2D eigenvalue weighted by atomic mass is 10.0. The summed E-state index contributed by atoms with van der Waals surface area (Å²) in [5.74, 6) is -1.64. The van der Waals surface area contributed by atoms with Crippen LogP contribution < -0.4 is 4.74 Å². The molecule has 0 aliphatic heterocycles. The van der Waals surface area contributed by atoms with Crippen LogP contribution in [-0.4, -0.2) is 38.8 Å². The molecule has 0 fully saturated rings. The van der Waals surface area contributed by atoms with E-state index >= 15 is 0 Å². The molecular weight excluding hydrogens is 376 g/mol. The number of carboxylic acids is 1. The minimum Gasteiger partial charge on any atom is -0.507 e. The molecule has 29 heavy (non-hydrogen) atoms. The molecule has 0 atom stereocenters. The van der Waals surface area contributed by atoms with Gasteiger partial charge in [-0.1, -0.05) is 13.3 Å². The molecule has 7 nitrogen and oxygen atoms in total. The Hall–Kier alpha value is -3.22. The lowest BCUT2D eigenvalue weighted by Gasteiger charge is -2.14. The number of carbonyl (C=O) groups is 2. The van der Waals surface area contributed by atoms with E-state index in [0.29, 0.717) is 49.2 Å². The summed E-state index contributed by atoms with van der Waals surface area (Å²) in [5.41, 5.74) is 0.712. The number of Topliss-reactive ketones (excluding diaryl/α,β-unsaturated/α-hetero) is 1. The summed E-state index contributed by atoms with van der Waals surface area (Å²) in [6.07, 6.45) is 3.66. The highest BCUT2D eigenvalue weighted by molar-refractivity contribution is 5.96. The number of benzene rings is 2. The summed E-state index contributed by atoms with van der Waals surface area (Å²) >= 11 is 0. The van der Waals surface area contributed by atoms with Crippen molar-refractivity contribution in [1.82, 2.24) is 0 Å². The maximum atomic E-state index is 12.1. The van der Waals surface area contributed by atoms with Crippen molar-refractivity contribution in [3.05, 3.63) is 47.0 Å². The number of carboxylic acid groups (broad SMARTS) is 1. The van der Waals surface area contributed by atoms with E-state index in [-0.39, 0.29) is 28.6 Å². The summed E-state index contributed by atoms with van der Waals surface area (Å²) in [6, 6.07) is 6.91. The molecule has 156 valence electrons. The third-order valence-electron chi connectivity index (χ3n) is 4.57. The maximum Gasteiger partial charge on any atom is 0.339 e. The quantitative estimate of drug-likeness (QED) is 0.251. The monoisotopic (exact) mass is 402 g/mol. The fraction of sp³-hybridized carbons (Fsp3) is 0.364. The molecule has 0 saturated carbocycles. The number of phenolic OH excluding ortho intramolecular Hbond substituents is 2. The predicted octanol–water partition coefficient (Wildman–Crippen LogP) is 4.28. The van der Waals surface area contributed by atoms with Crippen molar-refractivity contribution < 1.29 is 34.8 Å². The summed E-state index contributed by atoms with van der Waals surface area (Å²) in [6.45, 7) is 2.32. The second-order valence-electron chi connectivity index (χ2n) is 6.78. The van der Waals surface area contributed by atoms with Crippen molar-refractivity contribution in [2.45, 2.75) is 45.4 Å². The summed E-state index contributed by atoms with van der Waals surface area (Å²) in [4.78, 5) is 23.3. The molecule has 2 aromatic rings. The van der Waals surface area contributed by atoms with E-state index in [1.165, 1.54) is 24.3 Å². The molecular formula is C22H26O7. The van der Waals surface area contributed by atoms with E-state index in [1.54, 1.807) is 6.07 Å². The van der Waals surface area contributed by atoms with Crippen LogP contribution in [0.25, 0.3) is 0 Å². The van der Waals surface area contributed by atoms with Crippen LogP contribution in [0.1, 0.15) is 65.3 Å². The average Bonchev–Trinajstić information content (AvgIpc) is 2.68. The molecule has 2 rings (SSSR count). The Labute approximate surface area is 169 Å². The normalized spacial score (nSPS) is 10.7. The van der Waals surface area contributed by atoms with Gasteiger partial charge in [-0.2, -0.15) is 0 Å². The van der Waals surface area contributed by atoms with Crippen molar-refractivity contribution in [2.75, 3.05) is 6.61 Å². The number of phenols is 3. The number of aromatic hydroxyl groups is 3. The first-order valence-corrected chi connectivity index (χ1v) is 9.61. The molecule has 0 heterocycles. The number of rotatable bonds is 11. The first-order chi connectivity index (χ1) is 13.8. The molecule has 0 saturated heterocycles. The minimum absolute atomic E-state index is 0.111. The molecule has 0 amide bonds. The molecule has 0 radical (unpaired) electrons. The van der Waals surface area contributed by atoms with Crippen LogP contribution >= 0.6 is 0 Å². The topological polar surface area (TPSA) is 124 Å². The zero-order valence-corrected chi connectivity index (χ0v) is 16.4. The molecule has 0 spiro atoms. The molecule has 0 aliphatic carbocycles. The van der Waals surface area contributed by atoms with Gasteiger partial charge in [0.1, 0.15) is 17.1 Å². The van der Waals surface area contributed by atoms with E-state index in [1.807, 2.05) is 6.92 Å². The molecule has 2 aromatic carbocycles. The second kappa shape index (κ2) is 10.4. The second-order valence-corrected chi connectivity index (χ2v) is 6.78. The lowest BCUT2D eigenvalue weighted by Crippen LogP contribution is -2.05. The van der Waals surface area contributed by atoms with Gasteiger partial charge in [0.2, 0.25) is 0 Å². The number of hydrogen-bond donors (Lipinski definition) is 4. The Morgan fingerprint density at radius 1 is 0.966 bits per heavy atom. The van der Waals surface area contributed by atoms with Crippen LogP contribution in [0.4, 0.5) is 0 Å². The van der Waals surface area contributed by atoms with Gasteiger partial charge in [-0.3, -0.25) is 4.79 Å². The minimum atomic E-state index is -1.18. The zero-order valence-electron chi connectivity index (χ0n) is 16.4. The largest absolute Gasteiger partial charge is 0.507 e. The smallest absolute Gasteiger partial charge is 0.339 e. The van der Waals surface area contributed by atoms with Crippen molar-refractivity contribution in [3.8, 4) is 23.0 Å². The van der Waals surface area contributed by atoms with Crippen molar-refractivity contribution in [2.24, 2.45) is 0 Å². The Kier molecular flexibility index (Phi) is 7.88. The van der Waals surface area contributed by atoms with Gasteiger partial charge in [0.15, 0.2) is 17.3 Å². The van der Waals surface area contributed by atoms with Gasteiger partial charge in [0.05, 0.1) is 6.61 Å². The van der Waals surface area contributed by atoms with E-state index in [0.717, 1.165) is 12.8 Å². The van der Waals surface area contributed by atoms with Crippen molar-refractivity contribution >= 4 is 11.8 Å². The van der Waals surface area contributed by atoms with Gasteiger partial charge < -0.3 is 25.2 Å². The molecule has 7 heteroatoms. The van der Waals surface area contributed by atoms with Gasteiger partial charge >= 0.3 is 5.97 Å². The average molecular weight is 402 g/mol. The van der Waals surface area contributed by atoms with E-state index in [4.69, 9.17) is 9.84 Å². The molecule has 0 aromatic heterocycles. The number of ether oxygens (including phenoxy) is 1. The van der Waals surface area contributed by atoms with E-state index < -0.39 is 5.97 Å². The van der Waals surface area contributed by atoms with Gasteiger partial charge in [-0.15, -0.1) is 0 Å². The van der Waals surface area contributed by atoms with Gasteiger partial charge in [0.25, 0.3) is 0 Å². The van der Waals surface area contributed by atoms with Crippen LogP contribution in [0.3, 0.4) is 0 Å². The fourth-order valence-corrected chi connectivity index (χ4v) is 3.00. The predicted molar refractivity (Wildman–Crippen MR) is 107 cm³/mol. The molecule has 0 bridgehead atoms. The summed E-state index contributed by atoms with van der Waals surface area (Å²) in [5, 5.41) is 38.1. The maximum absolute atomic E-state index is 12.1. The van der Waals surface area contributed by atoms with Crippen LogP contribution in [0.2, 0.25) is 0 Å². The van der Waals surface area contributed by atoms with Gasteiger partial charge in [-0.05, 0) is 56.0 Å². The third kappa shape index (κ3) is 5.88. The fourth-order valence-electron chi connectivity index (χ4n) is 3.00. The number of unbranched alkanes of at least 4 members (excludes halogenated alkanes) is 2. The molecule has 0 aliphatic rings. The first kappa shape index (κ1) is 22.1. The highest BCUT2D eigenvalue weighted by Gasteiger charge is 2.17. The van der Waals surface area contributed by atoms with Crippen LogP contribution in [0.15, 0.2) is 30.3 Å². The van der Waals surface area contributed by atoms with Crippen molar-refractivity contribution in [1.29, 1.82) is 0 Å². The number of ketones is 1. The Morgan fingerprint density at radius 3 is 2.38 bits per heavy atom. The number of hydrogen-bond acceptors (Lipinski definition) is 6. The Morgan fingerprint density at radius 2 is 1.72 bits per heavy atom. The number of carbonyl (C=O) groups excluding carboxylic acids is 1. The summed E-state index contributed by atoms with van der Waals surface area (Å²) in [7, 11) is 0. The van der Waals surface area contributed by atoms with Gasteiger partial charge in [-0.25, -0.2) is 4.79 Å². The highest BCUT2D eigenvalue weighted by atomic mass is 16.5. The van der Waals surface area contributed by atoms with Crippen LogP contribution in [0.5, 0.6) is 23.0 Å². The SMILES string of the molecule is CCCc1c(OCCCCCC(=O)c2ccc(O)c(O)c2)ccc(C(=O)O)c1O. The van der Waals surface area contributed by atoms with E-state index in [9.17, 15) is 24.9 Å². The highest BCUT2D eigenvalue weighted by Crippen LogP contribution is 2.33. The van der Waals surface area contributed by atoms with Gasteiger partial charge in [0, 0.05) is 17.5 Å². The lowest BCUT2D eigenvalue weighted by molar-refractivity contribution is 0.0693. The first-order valence-electron chi connectivity index (χ1n) is 9.61. The zero-order chi connectivity index (χ0) is 21.4. The van der Waals surface area contributed by atoms with Crippen LogP contribution in [-0.2, 0) is 6.42 Å². The molecule has 4 N–H and O–H groups in total.